The van der Waals surface area contributed by atoms with Gasteiger partial charge in [-0.1, -0.05) is 13.8 Å². The maximum Gasteiger partial charge on any atom is 0.257 e. The van der Waals surface area contributed by atoms with Gasteiger partial charge < -0.3 is 19.4 Å². The van der Waals surface area contributed by atoms with E-state index in [4.69, 9.17) is 9.72 Å². The molecule has 3 heterocycles. The van der Waals surface area contributed by atoms with E-state index in [0.717, 1.165) is 28.4 Å². The minimum Gasteiger partial charge on any atom is -0.380 e. The molecule has 2 aliphatic rings. The topological polar surface area (TPSA) is 90.3 Å². The fourth-order valence-corrected chi connectivity index (χ4v) is 5.81. The highest BCUT2D eigenvalue weighted by Gasteiger charge is 2.35. The summed E-state index contributed by atoms with van der Waals surface area (Å²) in [5, 5.41) is 4.01. The van der Waals surface area contributed by atoms with Crippen LogP contribution < -0.4 is 10.9 Å². The first-order valence-electron chi connectivity index (χ1n) is 12.5. The van der Waals surface area contributed by atoms with Gasteiger partial charge in [-0.15, -0.1) is 0 Å². The van der Waals surface area contributed by atoms with Crippen molar-refractivity contribution in [2.75, 3.05) is 7.11 Å². The number of aldehydes is 1. The molecule has 2 atom stereocenters. The maximum atomic E-state index is 14.9. The molecule has 7 nitrogen and oxygen atoms in total. The Hall–Kier alpha value is -3.39. The number of hydrogen-bond donors (Lipinski definition) is 1. The number of amides is 1. The number of nitrogens with one attached hydrogen (secondary N) is 1. The van der Waals surface area contributed by atoms with Gasteiger partial charge in [0.2, 0.25) is 5.91 Å². The Morgan fingerprint density at radius 1 is 1.33 bits per heavy atom. The highest BCUT2D eigenvalue weighted by atomic mass is 19.1. The standard InChI is InChI=1S/C28H30FN3O4/c1-5-15(12-33)17-9-23-27-18(11-32(23)28(35)19(17)13-36-4)26-21(30-24(34)6-2)8-7-16-14(3)20(29)10-22(31-27)25(16)26/h9-10,12,15,21H,5-8,11,13H2,1-4H3,(H,30,34). The summed E-state index contributed by atoms with van der Waals surface area (Å²) in [4.78, 5) is 42.8. The number of aromatic nitrogens is 2. The van der Waals surface area contributed by atoms with Gasteiger partial charge in [0.1, 0.15) is 12.1 Å². The van der Waals surface area contributed by atoms with Crippen LogP contribution in [0.1, 0.15) is 78.5 Å². The Balaban J connectivity index is 1.83. The molecular weight excluding hydrogens is 461 g/mol. The van der Waals surface area contributed by atoms with E-state index >= 15 is 0 Å². The lowest BCUT2D eigenvalue weighted by atomic mass is 9.81. The van der Waals surface area contributed by atoms with E-state index in [1.54, 1.807) is 11.5 Å². The molecule has 2 aromatic heterocycles. The molecule has 8 heteroatoms. The quantitative estimate of drug-likeness (QED) is 0.391. The summed E-state index contributed by atoms with van der Waals surface area (Å²) in [6, 6.07) is 3.06. The van der Waals surface area contributed by atoms with Gasteiger partial charge in [0.05, 0.1) is 36.1 Å². The van der Waals surface area contributed by atoms with E-state index < -0.39 is 5.92 Å². The number of ether oxygens (including phenoxy) is 1. The lowest BCUT2D eigenvalue weighted by molar-refractivity contribution is -0.121. The van der Waals surface area contributed by atoms with Crippen LogP contribution in [0.2, 0.25) is 0 Å². The number of aryl methyl sites for hydroxylation is 1. The van der Waals surface area contributed by atoms with Gasteiger partial charge >= 0.3 is 0 Å². The molecule has 5 rings (SSSR count). The number of pyridine rings is 2. The van der Waals surface area contributed by atoms with Crippen LogP contribution in [0, 0.1) is 12.7 Å². The third-order valence-corrected chi connectivity index (χ3v) is 7.72. The SMILES string of the molecule is CCC(=O)NC1CCc2c(C)c(F)cc3nc4c(c1c23)Cn1c-4cc(C(C=O)CC)c(COC)c1=O. The van der Waals surface area contributed by atoms with Crippen LogP contribution in [0.15, 0.2) is 16.9 Å². The largest absolute Gasteiger partial charge is 0.380 e. The normalized spacial score (nSPS) is 16.5. The summed E-state index contributed by atoms with van der Waals surface area (Å²) >= 11 is 0. The van der Waals surface area contributed by atoms with Crippen molar-refractivity contribution in [3.05, 3.63) is 61.7 Å². The monoisotopic (exact) mass is 491 g/mol. The molecular formula is C28H30FN3O4. The van der Waals surface area contributed by atoms with Crippen LogP contribution in [-0.2, 0) is 33.9 Å². The molecule has 0 bridgehead atoms. The third kappa shape index (κ3) is 3.58. The molecule has 2 unspecified atom stereocenters. The van der Waals surface area contributed by atoms with Gasteiger partial charge in [-0.25, -0.2) is 9.37 Å². The number of fused-ring (bicyclic) bond motifs is 4. The number of benzene rings is 1. The second-order valence-corrected chi connectivity index (χ2v) is 9.66. The number of methoxy groups -OCH3 is 1. The second kappa shape index (κ2) is 9.24. The lowest BCUT2D eigenvalue weighted by Crippen LogP contribution is -2.31. The number of nitrogens with zero attached hydrogens (tertiary/aromatic N) is 2. The van der Waals surface area contributed by atoms with E-state index in [0.29, 0.717) is 65.8 Å². The molecule has 1 N–H and O–H groups in total. The van der Waals surface area contributed by atoms with Crippen molar-refractivity contribution in [1.82, 2.24) is 14.9 Å². The smallest absolute Gasteiger partial charge is 0.257 e. The van der Waals surface area contributed by atoms with E-state index in [-0.39, 0.29) is 29.9 Å². The Kier molecular flexibility index (Phi) is 6.24. The van der Waals surface area contributed by atoms with Gasteiger partial charge in [-0.05, 0) is 54.5 Å². The summed E-state index contributed by atoms with van der Waals surface area (Å²) in [7, 11) is 1.52. The van der Waals surface area contributed by atoms with Gasteiger partial charge in [-0.2, -0.15) is 0 Å². The predicted octanol–water partition coefficient (Wildman–Crippen LogP) is 4.23. The highest BCUT2D eigenvalue weighted by molar-refractivity contribution is 5.93. The van der Waals surface area contributed by atoms with Crippen LogP contribution in [-0.4, -0.2) is 28.9 Å². The highest BCUT2D eigenvalue weighted by Crippen LogP contribution is 2.45. The van der Waals surface area contributed by atoms with Crippen molar-refractivity contribution >= 4 is 23.1 Å². The molecule has 1 aliphatic carbocycles. The van der Waals surface area contributed by atoms with Crippen LogP contribution in [0.3, 0.4) is 0 Å². The van der Waals surface area contributed by atoms with Gasteiger partial charge in [0, 0.05) is 42.0 Å². The first-order chi connectivity index (χ1) is 17.3. The molecule has 1 aromatic carbocycles. The minimum atomic E-state index is -0.445. The lowest BCUT2D eigenvalue weighted by Gasteiger charge is -2.29. The van der Waals surface area contributed by atoms with Crippen LogP contribution >= 0.6 is 0 Å². The van der Waals surface area contributed by atoms with E-state index in [2.05, 4.69) is 5.32 Å². The Labute approximate surface area is 208 Å². The van der Waals surface area contributed by atoms with Crippen molar-refractivity contribution in [2.24, 2.45) is 0 Å². The molecule has 0 spiro atoms. The predicted molar refractivity (Wildman–Crippen MR) is 135 cm³/mol. The summed E-state index contributed by atoms with van der Waals surface area (Å²) in [5.74, 6) is -0.819. The molecule has 1 amide bonds. The second-order valence-electron chi connectivity index (χ2n) is 9.66. The van der Waals surface area contributed by atoms with Crippen molar-refractivity contribution in [2.45, 2.75) is 71.6 Å². The van der Waals surface area contributed by atoms with Crippen LogP contribution in [0.25, 0.3) is 22.3 Å². The van der Waals surface area contributed by atoms with Gasteiger partial charge in [-0.3, -0.25) is 9.59 Å². The number of rotatable bonds is 7. The van der Waals surface area contributed by atoms with Crippen LogP contribution in [0.5, 0.6) is 0 Å². The minimum absolute atomic E-state index is 0.0601. The molecule has 0 fully saturated rings. The number of halogens is 1. The zero-order valence-corrected chi connectivity index (χ0v) is 21.0. The van der Waals surface area contributed by atoms with Crippen molar-refractivity contribution in [3.63, 3.8) is 0 Å². The molecule has 3 aromatic rings. The summed E-state index contributed by atoms with van der Waals surface area (Å²) in [6.07, 6.45) is 3.04. The number of carbonyl (C=O) groups is 2. The maximum absolute atomic E-state index is 14.9. The molecule has 36 heavy (non-hydrogen) atoms. The van der Waals surface area contributed by atoms with Crippen molar-refractivity contribution in [1.29, 1.82) is 0 Å². The zero-order chi connectivity index (χ0) is 25.7. The Bertz CT molecular complexity index is 1480. The Morgan fingerprint density at radius 3 is 2.78 bits per heavy atom. The van der Waals surface area contributed by atoms with Crippen molar-refractivity contribution < 1.29 is 18.7 Å². The van der Waals surface area contributed by atoms with E-state index in [1.165, 1.54) is 13.2 Å². The first kappa shape index (κ1) is 24.3. The fraction of sp³-hybridized carbons (Fsp3) is 0.429. The first-order valence-corrected chi connectivity index (χ1v) is 12.5. The van der Waals surface area contributed by atoms with Crippen molar-refractivity contribution in [3.8, 4) is 11.4 Å². The molecule has 188 valence electrons. The molecule has 0 saturated heterocycles. The third-order valence-electron chi connectivity index (χ3n) is 7.72. The van der Waals surface area contributed by atoms with Gasteiger partial charge in [0.25, 0.3) is 5.56 Å². The molecule has 1 aliphatic heterocycles. The number of carbonyl (C=O) groups excluding carboxylic acids is 2. The summed E-state index contributed by atoms with van der Waals surface area (Å²) in [6.45, 7) is 5.88. The average molecular weight is 492 g/mol. The molecule has 0 radical (unpaired) electrons. The summed E-state index contributed by atoms with van der Waals surface area (Å²) in [5.41, 5.74) is 5.91. The summed E-state index contributed by atoms with van der Waals surface area (Å²) < 4.78 is 21.9. The zero-order valence-electron chi connectivity index (χ0n) is 21.0. The fourth-order valence-electron chi connectivity index (χ4n) is 5.81. The average Bonchev–Trinajstić information content (AvgIpc) is 3.24. The van der Waals surface area contributed by atoms with E-state index in [1.807, 2.05) is 19.9 Å². The molecule has 0 saturated carbocycles. The van der Waals surface area contributed by atoms with Crippen LogP contribution in [0.4, 0.5) is 4.39 Å². The van der Waals surface area contributed by atoms with Gasteiger partial charge in [0.15, 0.2) is 0 Å². The number of hydrogen-bond acceptors (Lipinski definition) is 5. The van der Waals surface area contributed by atoms with E-state index in [9.17, 15) is 18.8 Å². The Morgan fingerprint density at radius 2 is 2.11 bits per heavy atom.